The Morgan fingerprint density at radius 2 is 1.76 bits per heavy atom. The van der Waals surface area contributed by atoms with Crippen LogP contribution in [0, 0.1) is 6.92 Å². The Balaban J connectivity index is 1.46. The lowest BCUT2D eigenvalue weighted by Gasteiger charge is -2.32. The number of hydrogen-bond donors (Lipinski definition) is 2. The number of benzene rings is 1. The Labute approximate surface area is 245 Å². The first-order chi connectivity index (χ1) is 20.2. The Morgan fingerprint density at radius 1 is 1.05 bits per heavy atom. The Morgan fingerprint density at radius 3 is 2.43 bits per heavy atom. The Bertz CT molecular complexity index is 1660. The molecule has 0 spiro atoms. The molecule has 0 bridgehead atoms. The molecule has 0 aliphatic carbocycles. The molecule has 42 heavy (non-hydrogen) atoms. The minimum absolute atomic E-state index is 0.00430. The van der Waals surface area contributed by atoms with Gasteiger partial charge < -0.3 is 24.8 Å². The highest BCUT2D eigenvalue weighted by Gasteiger charge is 2.22. The average Bonchev–Trinajstić information content (AvgIpc) is 3.41. The molecule has 4 heterocycles. The fourth-order valence-electron chi connectivity index (χ4n) is 5.29. The van der Waals surface area contributed by atoms with E-state index in [0.29, 0.717) is 48.0 Å². The van der Waals surface area contributed by atoms with Crippen molar-refractivity contribution in [1.29, 1.82) is 0 Å². The summed E-state index contributed by atoms with van der Waals surface area (Å²) >= 11 is 0. The number of hydrogen-bond acceptors (Lipinski definition) is 6. The molecule has 0 unspecified atom stereocenters. The SMILES string of the molecule is CCOc1cc(C)[nH]c(=O)c1CNC(=O)c1cc(-c2ccc(C(=O)N3CCN(C)CC3)cc2)cc2c(C(C)C)ncn12. The van der Waals surface area contributed by atoms with Crippen LogP contribution < -0.4 is 15.6 Å². The number of likely N-dealkylation sites (N-methyl/N-ethyl adjacent to an activating group) is 1. The van der Waals surface area contributed by atoms with Gasteiger partial charge in [-0.3, -0.25) is 18.8 Å². The van der Waals surface area contributed by atoms with Gasteiger partial charge in [0.2, 0.25) is 0 Å². The molecule has 10 nitrogen and oxygen atoms in total. The predicted octanol–water partition coefficient (Wildman–Crippen LogP) is 3.84. The van der Waals surface area contributed by atoms with Crippen LogP contribution in [0.15, 0.2) is 53.6 Å². The van der Waals surface area contributed by atoms with Crippen LogP contribution in [-0.2, 0) is 6.54 Å². The van der Waals surface area contributed by atoms with Crippen LogP contribution in [0.1, 0.15) is 64.5 Å². The number of amides is 2. The molecular formula is C32H38N6O4. The van der Waals surface area contributed by atoms with E-state index in [1.165, 1.54) is 0 Å². The molecule has 2 N–H and O–H groups in total. The third-order valence-corrected chi connectivity index (χ3v) is 7.67. The largest absolute Gasteiger partial charge is 0.493 e. The summed E-state index contributed by atoms with van der Waals surface area (Å²) in [5.74, 6) is 0.276. The summed E-state index contributed by atoms with van der Waals surface area (Å²) < 4.78 is 7.45. The lowest BCUT2D eigenvalue weighted by Crippen LogP contribution is -2.47. The van der Waals surface area contributed by atoms with Gasteiger partial charge in [0.15, 0.2) is 0 Å². The summed E-state index contributed by atoms with van der Waals surface area (Å²) in [5, 5.41) is 2.91. The number of nitrogens with zero attached hydrogens (tertiary/aromatic N) is 4. The number of carbonyl (C=O) groups excluding carboxylic acids is 2. The lowest BCUT2D eigenvalue weighted by atomic mass is 10.0. The van der Waals surface area contributed by atoms with Gasteiger partial charge in [-0.1, -0.05) is 26.0 Å². The monoisotopic (exact) mass is 570 g/mol. The zero-order chi connectivity index (χ0) is 30.0. The van der Waals surface area contributed by atoms with E-state index in [2.05, 4.69) is 41.1 Å². The van der Waals surface area contributed by atoms with Gasteiger partial charge in [-0.05, 0) is 68.3 Å². The van der Waals surface area contributed by atoms with Crippen LogP contribution in [0.4, 0.5) is 0 Å². The van der Waals surface area contributed by atoms with Crippen molar-refractivity contribution in [3.05, 3.63) is 87.4 Å². The first-order valence-electron chi connectivity index (χ1n) is 14.4. The highest BCUT2D eigenvalue weighted by molar-refractivity contribution is 5.96. The minimum atomic E-state index is -0.348. The number of piperazine rings is 1. The molecule has 3 aromatic heterocycles. The van der Waals surface area contributed by atoms with E-state index >= 15 is 0 Å². The number of carbonyl (C=O) groups is 2. The Hall–Kier alpha value is -4.44. The van der Waals surface area contributed by atoms with E-state index in [-0.39, 0.29) is 29.8 Å². The summed E-state index contributed by atoms with van der Waals surface area (Å²) in [7, 11) is 2.06. The van der Waals surface area contributed by atoms with Gasteiger partial charge in [0.05, 0.1) is 29.9 Å². The molecule has 1 aromatic carbocycles. The van der Waals surface area contributed by atoms with Crippen LogP contribution >= 0.6 is 0 Å². The summed E-state index contributed by atoms with van der Waals surface area (Å²) in [4.78, 5) is 50.8. The van der Waals surface area contributed by atoms with Crippen LogP contribution in [0.2, 0.25) is 0 Å². The van der Waals surface area contributed by atoms with Crippen molar-refractivity contribution >= 4 is 17.3 Å². The zero-order valence-corrected chi connectivity index (χ0v) is 24.9. The minimum Gasteiger partial charge on any atom is -0.493 e. The number of aromatic amines is 1. The first kappa shape index (κ1) is 29.1. The van der Waals surface area contributed by atoms with E-state index < -0.39 is 0 Å². The maximum Gasteiger partial charge on any atom is 0.268 e. The van der Waals surface area contributed by atoms with Crippen LogP contribution in [0.3, 0.4) is 0 Å². The molecule has 0 atom stereocenters. The fourth-order valence-corrected chi connectivity index (χ4v) is 5.29. The third-order valence-electron chi connectivity index (χ3n) is 7.67. The molecule has 5 rings (SSSR count). The highest BCUT2D eigenvalue weighted by atomic mass is 16.5. The summed E-state index contributed by atoms with van der Waals surface area (Å²) in [6.45, 7) is 11.3. The molecule has 0 radical (unpaired) electrons. The van der Waals surface area contributed by atoms with E-state index in [4.69, 9.17) is 4.74 Å². The van der Waals surface area contributed by atoms with E-state index in [1.807, 2.05) is 48.2 Å². The average molecular weight is 571 g/mol. The zero-order valence-electron chi connectivity index (χ0n) is 24.9. The van der Waals surface area contributed by atoms with Gasteiger partial charge in [-0.15, -0.1) is 0 Å². The molecule has 220 valence electrons. The van der Waals surface area contributed by atoms with Crippen LogP contribution in [0.5, 0.6) is 5.75 Å². The van der Waals surface area contributed by atoms with Crippen molar-refractivity contribution in [1.82, 2.24) is 29.5 Å². The molecule has 10 heteroatoms. The number of imidazole rings is 1. The van der Waals surface area contributed by atoms with Gasteiger partial charge in [0, 0.05) is 37.4 Å². The lowest BCUT2D eigenvalue weighted by molar-refractivity contribution is 0.0664. The molecule has 0 saturated carbocycles. The van der Waals surface area contributed by atoms with Crippen molar-refractivity contribution in [2.45, 2.75) is 40.2 Å². The van der Waals surface area contributed by atoms with Crippen molar-refractivity contribution in [2.24, 2.45) is 0 Å². The highest BCUT2D eigenvalue weighted by Crippen LogP contribution is 2.28. The number of nitrogens with one attached hydrogen (secondary N) is 2. The van der Waals surface area contributed by atoms with E-state index in [1.54, 1.807) is 23.7 Å². The van der Waals surface area contributed by atoms with Gasteiger partial charge in [-0.25, -0.2) is 4.98 Å². The summed E-state index contributed by atoms with van der Waals surface area (Å²) in [5.41, 5.74) is 5.19. The normalized spacial score (nSPS) is 14.0. The van der Waals surface area contributed by atoms with Crippen LogP contribution in [-0.4, -0.2) is 75.8 Å². The fraction of sp³-hybridized carbons (Fsp3) is 0.375. The maximum atomic E-state index is 13.6. The van der Waals surface area contributed by atoms with Crippen molar-refractivity contribution in [2.75, 3.05) is 39.8 Å². The van der Waals surface area contributed by atoms with E-state index in [9.17, 15) is 14.4 Å². The van der Waals surface area contributed by atoms with Gasteiger partial charge in [-0.2, -0.15) is 0 Å². The number of fused-ring (bicyclic) bond motifs is 1. The smallest absolute Gasteiger partial charge is 0.268 e. The molecular weight excluding hydrogens is 532 g/mol. The molecule has 2 amide bonds. The first-order valence-corrected chi connectivity index (χ1v) is 14.4. The number of ether oxygens (including phenoxy) is 1. The number of H-pyrrole nitrogens is 1. The van der Waals surface area contributed by atoms with Gasteiger partial charge in [0.1, 0.15) is 17.8 Å². The second kappa shape index (κ2) is 12.2. The number of pyridine rings is 2. The van der Waals surface area contributed by atoms with Crippen molar-refractivity contribution in [3.8, 4) is 16.9 Å². The predicted molar refractivity (Wildman–Crippen MR) is 162 cm³/mol. The summed E-state index contributed by atoms with van der Waals surface area (Å²) in [6.07, 6.45) is 1.66. The number of rotatable bonds is 8. The van der Waals surface area contributed by atoms with Gasteiger partial charge in [0.25, 0.3) is 17.4 Å². The molecule has 1 fully saturated rings. The quantitative estimate of drug-likeness (QED) is 0.333. The standard InChI is InChI=1S/C32H38N6O4/c1-6-42-28-15-21(4)35-30(39)25(28)18-33-31(40)27-17-24(16-26-29(20(2)3)34-19-38(26)27)22-7-9-23(10-8-22)32(41)37-13-11-36(5)12-14-37/h7-10,15-17,19-20H,6,11-14,18H2,1-5H3,(H,33,40)(H,35,39). The topological polar surface area (TPSA) is 112 Å². The number of aromatic nitrogens is 3. The third kappa shape index (κ3) is 5.94. The molecule has 1 saturated heterocycles. The maximum absolute atomic E-state index is 13.6. The molecule has 1 aliphatic rings. The van der Waals surface area contributed by atoms with Crippen molar-refractivity contribution in [3.63, 3.8) is 0 Å². The van der Waals surface area contributed by atoms with Gasteiger partial charge >= 0.3 is 0 Å². The van der Waals surface area contributed by atoms with Crippen molar-refractivity contribution < 1.29 is 14.3 Å². The second-order valence-corrected chi connectivity index (χ2v) is 11.1. The van der Waals surface area contributed by atoms with Crippen LogP contribution in [0.25, 0.3) is 16.6 Å². The van der Waals surface area contributed by atoms with E-state index in [0.717, 1.165) is 35.4 Å². The molecule has 1 aliphatic heterocycles. The molecule has 4 aromatic rings. The number of aryl methyl sites for hydroxylation is 1. The Kier molecular flexibility index (Phi) is 8.44. The second-order valence-electron chi connectivity index (χ2n) is 11.1. The summed E-state index contributed by atoms with van der Waals surface area (Å²) in [6, 6.07) is 13.1.